The summed E-state index contributed by atoms with van der Waals surface area (Å²) in [6.07, 6.45) is 1.77. The van der Waals surface area contributed by atoms with Gasteiger partial charge in [-0.2, -0.15) is 5.26 Å². The molecule has 0 atom stereocenters. The smallest absolute Gasteiger partial charge is 0.0914 e. The molecule has 0 aromatic carbocycles. The van der Waals surface area contributed by atoms with Crippen molar-refractivity contribution in [1.82, 2.24) is 4.98 Å². The second kappa shape index (κ2) is 3.52. The van der Waals surface area contributed by atoms with Gasteiger partial charge in [-0.05, 0) is 25.5 Å². The number of aromatic nitrogens is 1. The van der Waals surface area contributed by atoms with Gasteiger partial charge in [0.15, 0.2) is 0 Å². The number of thiocarbonyl (C=S) groups is 1. The first-order chi connectivity index (χ1) is 5.99. The number of aromatic amines is 1. The fourth-order valence-electron chi connectivity index (χ4n) is 1.13. The van der Waals surface area contributed by atoms with Crippen LogP contribution in [0.15, 0.2) is 12.3 Å². The van der Waals surface area contributed by atoms with E-state index in [1.165, 1.54) is 0 Å². The van der Waals surface area contributed by atoms with Crippen LogP contribution < -0.4 is 0 Å². The molecule has 0 bridgehead atoms. The van der Waals surface area contributed by atoms with E-state index in [1.54, 1.807) is 6.20 Å². The minimum absolute atomic E-state index is 0.489. The van der Waals surface area contributed by atoms with Crippen LogP contribution in [-0.4, -0.2) is 9.18 Å². The highest BCUT2D eigenvalue weighted by Crippen LogP contribution is 2.26. The Bertz CT molecular complexity index is 371. The molecule has 1 heterocycles. The molecular weight excluding hydrogens is 200 g/mol. The van der Waals surface area contributed by atoms with Gasteiger partial charge < -0.3 is 4.98 Å². The first-order valence-electron chi connectivity index (χ1n) is 3.81. The third-order valence-corrected chi connectivity index (χ3v) is 2.34. The zero-order chi connectivity index (χ0) is 10.1. The zero-order valence-corrected chi connectivity index (χ0v) is 9.17. The molecule has 13 heavy (non-hydrogen) atoms. The summed E-state index contributed by atoms with van der Waals surface area (Å²) in [5.41, 5.74) is 1.14. The Labute approximate surface area is 88.4 Å². The average molecular weight is 210 g/mol. The standard InChI is InChI=1S/C9H10N2S2/c1-9(2,5-10)6-3-4-11-7(6)8(12)13/h3-4,11H,1-2H3,(H,12,13). The fourth-order valence-corrected chi connectivity index (χ4v) is 1.48. The highest BCUT2D eigenvalue weighted by atomic mass is 32.1. The molecule has 0 spiro atoms. The molecule has 4 heteroatoms. The van der Waals surface area contributed by atoms with Crippen molar-refractivity contribution < 1.29 is 0 Å². The fraction of sp³-hybridized carbons (Fsp3) is 0.333. The Kier molecular flexibility index (Phi) is 2.79. The number of nitrogens with zero attached hydrogens (tertiary/aromatic N) is 1. The molecule has 2 nitrogen and oxygen atoms in total. The summed E-state index contributed by atoms with van der Waals surface area (Å²) in [5.74, 6) is 0. The molecule has 0 radical (unpaired) electrons. The maximum Gasteiger partial charge on any atom is 0.0914 e. The molecule has 0 amide bonds. The Morgan fingerprint density at radius 3 is 2.77 bits per heavy atom. The Hall–Kier alpha value is -0.790. The predicted octanol–water partition coefficient (Wildman–Crippen LogP) is 2.42. The van der Waals surface area contributed by atoms with Gasteiger partial charge in [-0.3, -0.25) is 0 Å². The maximum absolute atomic E-state index is 8.94. The lowest BCUT2D eigenvalue weighted by Crippen LogP contribution is -2.16. The maximum atomic E-state index is 8.94. The monoisotopic (exact) mass is 210 g/mol. The van der Waals surface area contributed by atoms with Gasteiger partial charge in [0.25, 0.3) is 0 Å². The first kappa shape index (κ1) is 10.3. The van der Waals surface area contributed by atoms with Crippen LogP contribution in [0.1, 0.15) is 25.1 Å². The second-order valence-electron chi connectivity index (χ2n) is 3.31. The molecule has 0 aliphatic rings. The van der Waals surface area contributed by atoms with Crippen molar-refractivity contribution in [1.29, 1.82) is 5.26 Å². The summed E-state index contributed by atoms with van der Waals surface area (Å²) in [6.45, 7) is 3.71. The summed E-state index contributed by atoms with van der Waals surface area (Å²) in [4.78, 5) is 2.98. The molecule has 0 fully saturated rings. The van der Waals surface area contributed by atoms with E-state index in [-0.39, 0.29) is 0 Å². The Morgan fingerprint density at radius 1 is 1.69 bits per heavy atom. The van der Waals surface area contributed by atoms with Gasteiger partial charge in [0, 0.05) is 6.20 Å². The van der Waals surface area contributed by atoms with E-state index >= 15 is 0 Å². The van der Waals surface area contributed by atoms with Gasteiger partial charge in [0.05, 0.1) is 21.4 Å². The summed E-state index contributed by atoms with van der Waals surface area (Å²) in [6, 6.07) is 4.09. The number of hydrogen-bond donors (Lipinski definition) is 2. The molecule has 0 aliphatic heterocycles. The van der Waals surface area contributed by atoms with Gasteiger partial charge in [-0.25, -0.2) is 0 Å². The van der Waals surface area contributed by atoms with Gasteiger partial charge in [0.1, 0.15) is 0 Å². The number of thiol groups is 1. The predicted molar refractivity (Wildman–Crippen MR) is 60.1 cm³/mol. The average Bonchev–Trinajstić information content (AvgIpc) is 2.52. The summed E-state index contributed by atoms with van der Waals surface area (Å²) in [5, 5.41) is 8.94. The molecule has 0 aliphatic carbocycles. The van der Waals surface area contributed by atoms with Crippen LogP contribution in [0.5, 0.6) is 0 Å². The SMILES string of the molecule is CC(C)(C#N)c1cc[nH]c1C(=S)S. The minimum atomic E-state index is -0.526. The normalized spacial score (nSPS) is 10.9. The molecule has 1 rings (SSSR count). The quantitative estimate of drug-likeness (QED) is 0.581. The number of nitriles is 1. The van der Waals surface area contributed by atoms with E-state index < -0.39 is 5.41 Å². The molecule has 1 aromatic heterocycles. The van der Waals surface area contributed by atoms with Crippen LogP contribution in [-0.2, 0) is 5.41 Å². The van der Waals surface area contributed by atoms with Crippen molar-refractivity contribution in [3.05, 3.63) is 23.5 Å². The molecule has 1 aromatic rings. The number of rotatable bonds is 2. The molecule has 1 N–H and O–H groups in total. The van der Waals surface area contributed by atoms with E-state index in [1.807, 2.05) is 19.9 Å². The summed E-state index contributed by atoms with van der Waals surface area (Å²) in [7, 11) is 0. The van der Waals surface area contributed by atoms with Crippen LogP contribution in [0.2, 0.25) is 0 Å². The van der Waals surface area contributed by atoms with Crippen molar-refractivity contribution in [3.63, 3.8) is 0 Å². The minimum Gasteiger partial charge on any atom is -0.360 e. The van der Waals surface area contributed by atoms with Gasteiger partial charge >= 0.3 is 0 Å². The van der Waals surface area contributed by atoms with E-state index in [0.717, 1.165) is 11.3 Å². The Morgan fingerprint density at radius 2 is 2.31 bits per heavy atom. The summed E-state index contributed by atoms with van der Waals surface area (Å²) >= 11 is 9.03. The van der Waals surface area contributed by atoms with Crippen molar-refractivity contribution in [2.24, 2.45) is 0 Å². The highest BCUT2D eigenvalue weighted by Gasteiger charge is 2.24. The molecule has 0 unspecified atom stereocenters. The first-order valence-corrected chi connectivity index (χ1v) is 4.67. The number of nitrogens with one attached hydrogen (secondary N) is 1. The highest BCUT2D eigenvalue weighted by molar-refractivity contribution is 8.11. The van der Waals surface area contributed by atoms with Crippen molar-refractivity contribution in [2.75, 3.05) is 0 Å². The largest absolute Gasteiger partial charge is 0.360 e. The second-order valence-corrected chi connectivity index (χ2v) is 4.47. The Balaban J connectivity index is 3.24. The van der Waals surface area contributed by atoms with Crippen molar-refractivity contribution >= 4 is 29.0 Å². The number of H-pyrrole nitrogens is 1. The van der Waals surface area contributed by atoms with E-state index in [0.29, 0.717) is 4.20 Å². The third kappa shape index (κ3) is 1.93. The lowest BCUT2D eigenvalue weighted by atomic mass is 9.86. The van der Waals surface area contributed by atoms with E-state index in [9.17, 15) is 0 Å². The van der Waals surface area contributed by atoms with Crippen LogP contribution in [0.3, 0.4) is 0 Å². The topological polar surface area (TPSA) is 39.6 Å². The van der Waals surface area contributed by atoms with Crippen molar-refractivity contribution in [2.45, 2.75) is 19.3 Å². The molecule has 0 saturated heterocycles. The molecule has 68 valence electrons. The number of hydrogen-bond acceptors (Lipinski definition) is 2. The zero-order valence-electron chi connectivity index (χ0n) is 7.46. The lowest BCUT2D eigenvalue weighted by molar-refractivity contribution is 0.687. The van der Waals surface area contributed by atoms with Gasteiger partial charge in [0.2, 0.25) is 0 Å². The van der Waals surface area contributed by atoms with Gasteiger partial charge in [-0.15, -0.1) is 12.6 Å². The lowest BCUT2D eigenvalue weighted by Gasteiger charge is -2.15. The van der Waals surface area contributed by atoms with Crippen LogP contribution in [0.4, 0.5) is 0 Å². The van der Waals surface area contributed by atoms with Crippen LogP contribution >= 0.6 is 24.8 Å². The van der Waals surface area contributed by atoms with E-state index in [2.05, 4.69) is 23.7 Å². The van der Waals surface area contributed by atoms with Gasteiger partial charge in [-0.1, -0.05) is 12.2 Å². The van der Waals surface area contributed by atoms with Crippen LogP contribution in [0, 0.1) is 11.3 Å². The molecular formula is C9H10N2S2. The van der Waals surface area contributed by atoms with Crippen molar-refractivity contribution in [3.8, 4) is 6.07 Å². The summed E-state index contributed by atoms with van der Waals surface area (Å²) < 4.78 is 0.489. The molecule has 0 saturated carbocycles. The van der Waals surface area contributed by atoms with Crippen LogP contribution in [0.25, 0.3) is 0 Å². The van der Waals surface area contributed by atoms with E-state index in [4.69, 9.17) is 17.5 Å². The third-order valence-electron chi connectivity index (χ3n) is 1.91.